The molecule has 9 heteroatoms. The van der Waals surface area contributed by atoms with Crippen LogP contribution < -0.4 is 5.32 Å². The second kappa shape index (κ2) is 5.76. The third-order valence-corrected chi connectivity index (χ3v) is 4.19. The van der Waals surface area contributed by atoms with E-state index >= 15 is 0 Å². The van der Waals surface area contributed by atoms with Crippen LogP contribution in [-0.4, -0.2) is 37.0 Å². The molecule has 1 aromatic heterocycles. The highest BCUT2D eigenvalue weighted by atomic mass is 16.6. The predicted molar refractivity (Wildman–Crippen MR) is 81.9 cm³/mol. The zero-order valence-corrected chi connectivity index (χ0v) is 12.5. The van der Waals surface area contributed by atoms with Crippen LogP contribution in [0.1, 0.15) is 29.6 Å². The Morgan fingerprint density at radius 3 is 2.62 bits per heavy atom. The molecule has 0 aliphatic heterocycles. The Hall–Kier alpha value is -3.23. The molecule has 0 radical (unpaired) electrons. The van der Waals surface area contributed by atoms with Gasteiger partial charge in [0.15, 0.2) is 0 Å². The van der Waals surface area contributed by atoms with Gasteiger partial charge in [-0.2, -0.15) is 0 Å². The monoisotopic (exact) mass is 330 g/mol. The normalized spacial score (nSPS) is 15.3. The zero-order chi connectivity index (χ0) is 17.3. The highest BCUT2D eigenvalue weighted by Crippen LogP contribution is 2.33. The van der Waals surface area contributed by atoms with E-state index < -0.39 is 22.3 Å². The van der Waals surface area contributed by atoms with Crippen LogP contribution in [0.15, 0.2) is 36.9 Å². The molecule has 0 bridgehead atoms. The third kappa shape index (κ3) is 2.60. The first-order valence-corrected chi connectivity index (χ1v) is 7.26. The van der Waals surface area contributed by atoms with Gasteiger partial charge in [0.1, 0.15) is 11.2 Å². The molecule has 0 unspecified atom stereocenters. The van der Waals surface area contributed by atoms with Crippen molar-refractivity contribution in [2.24, 2.45) is 0 Å². The second-order valence-electron chi connectivity index (χ2n) is 5.63. The van der Waals surface area contributed by atoms with E-state index in [4.69, 9.17) is 0 Å². The Bertz CT molecular complexity index is 811. The molecule has 1 aromatic carbocycles. The van der Waals surface area contributed by atoms with Crippen LogP contribution in [0.25, 0.3) is 5.69 Å². The summed E-state index contributed by atoms with van der Waals surface area (Å²) >= 11 is 0. The summed E-state index contributed by atoms with van der Waals surface area (Å²) in [7, 11) is 0. The molecule has 1 amide bonds. The number of carboxylic acid groups (broad SMARTS) is 1. The van der Waals surface area contributed by atoms with E-state index in [-0.39, 0.29) is 16.9 Å². The fraction of sp³-hybridized carbons (Fsp3) is 0.267. The lowest BCUT2D eigenvalue weighted by atomic mass is 9.76. The molecule has 0 atom stereocenters. The van der Waals surface area contributed by atoms with Gasteiger partial charge in [-0.3, -0.25) is 14.9 Å². The highest BCUT2D eigenvalue weighted by Gasteiger charge is 2.45. The fourth-order valence-corrected chi connectivity index (χ4v) is 2.64. The number of nitro groups is 1. The molecule has 1 aliphatic carbocycles. The number of carbonyl (C=O) groups is 2. The fourth-order valence-electron chi connectivity index (χ4n) is 2.64. The maximum atomic E-state index is 12.3. The lowest BCUT2D eigenvalue weighted by Gasteiger charge is -2.38. The Morgan fingerprint density at radius 1 is 1.38 bits per heavy atom. The van der Waals surface area contributed by atoms with Crippen LogP contribution in [-0.2, 0) is 4.79 Å². The molecule has 2 aromatic rings. The van der Waals surface area contributed by atoms with Crippen LogP contribution in [0.2, 0.25) is 0 Å². The van der Waals surface area contributed by atoms with Gasteiger partial charge in [0.25, 0.3) is 11.6 Å². The highest BCUT2D eigenvalue weighted by molar-refractivity contribution is 5.99. The summed E-state index contributed by atoms with van der Waals surface area (Å²) in [5.41, 5.74) is -1.23. The molecular weight excluding hydrogens is 316 g/mol. The van der Waals surface area contributed by atoms with E-state index in [0.717, 1.165) is 6.07 Å². The number of benzene rings is 1. The average Bonchev–Trinajstić information content (AvgIpc) is 3.03. The first kappa shape index (κ1) is 15.7. The lowest BCUT2D eigenvalue weighted by molar-refractivity contribution is -0.384. The molecule has 9 nitrogen and oxygen atoms in total. The van der Waals surface area contributed by atoms with E-state index in [0.29, 0.717) is 19.3 Å². The maximum absolute atomic E-state index is 12.3. The van der Waals surface area contributed by atoms with Crippen molar-refractivity contribution in [2.75, 3.05) is 0 Å². The minimum atomic E-state index is -1.27. The summed E-state index contributed by atoms with van der Waals surface area (Å²) in [5.74, 6) is -1.73. The molecule has 3 rings (SSSR count). The van der Waals surface area contributed by atoms with Crippen molar-refractivity contribution < 1.29 is 19.6 Å². The van der Waals surface area contributed by atoms with Crippen molar-refractivity contribution in [3.63, 3.8) is 0 Å². The number of aliphatic carboxylic acids is 1. The lowest BCUT2D eigenvalue weighted by Crippen LogP contribution is -2.59. The molecule has 0 saturated heterocycles. The van der Waals surface area contributed by atoms with Gasteiger partial charge >= 0.3 is 5.97 Å². The number of nitro benzene ring substituents is 1. The van der Waals surface area contributed by atoms with Gasteiger partial charge in [0, 0.05) is 24.0 Å². The van der Waals surface area contributed by atoms with Gasteiger partial charge in [0.2, 0.25) is 0 Å². The van der Waals surface area contributed by atoms with Gasteiger partial charge in [-0.1, -0.05) is 0 Å². The topological polar surface area (TPSA) is 127 Å². The number of rotatable bonds is 5. The Labute approximate surface area is 136 Å². The van der Waals surface area contributed by atoms with Crippen LogP contribution in [0.4, 0.5) is 5.69 Å². The Balaban J connectivity index is 1.92. The number of amides is 1. The molecule has 1 saturated carbocycles. The SMILES string of the molecule is O=C(NC1(C(=O)O)CCC1)c1ccc(-n2ccnc2)c([N+](=O)[O-])c1. The minimum absolute atomic E-state index is 0.0399. The zero-order valence-electron chi connectivity index (χ0n) is 12.5. The van der Waals surface area contributed by atoms with Crippen LogP contribution in [0.3, 0.4) is 0 Å². The number of hydrogen-bond acceptors (Lipinski definition) is 5. The van der Waals surface area contributed by atoms with Gasteiger partial charge in [-0.15, -0.1) is 0 Å². The summed E-state index contributed by atoms with van der Waals surface area (Å²) in [6, 6.07) is 3.99. The molecule has 1 heterocycles. The number of nitrogens with one attached hydrogen (secondary N) is 1. The number of carbonyl (C=O) groups excluding carboxylic acids is 1. The van der Waals surface area contributed by atoms with Crippen molar-refractivity contribution in [3.05, 3.63) is 52.6 Å². The van der Waals surface area contributed by atoms with E-state index in [1.54, 1.807) is 6.20 Å². The van der Waals surface area contributed by atoms with Crippen molar-refractivity contribution >= 4 is 17.6 Å². The molecule has 1 aliphatic rings. The summed E-state index contributed by atoms with van der Waals surface area (Å²) in [6.07, 6.45) is 5.86. The predicted octanol–water partition coefficient (Wildman–Crippen LogP) is 1.52. The molecule has 0 spiro atoms. The largest absolute Gasteiger partial charge is 0.480 e. The van der Waals surface area contributed by atoms with Crippen molar-refractivity contribution in [1.29, 1.82) is 0 Å². The average molecular weight is 330 g/mol. The van der Waals surface area contributed by atoms with E-state index in [1.165, 1.54) is 29.2 Å². The number of aromatic nitrogens is 2. The molecule has 1 fully saturated rings. The molecule has 24 heavy (non-hydrogen) atoms. The van der Waals surface area contributed by atoms with Crippen LogP contribution in [0, 0.1) is 10.1 Å². The Kier molecular flexibility index (Phi) is 3.76. The van der Waals surface area contributed by atoms with Crippen molar-refractivity contribution in [1.82, 2.24) is 14.9 Å². The quantitative estimate of drug-likeness (QED) is 0.632. The number of hydrogen-bond donors (Lipinski definition) is 2. The summed E-state index contributed by atoms with van der Waals surface area (Å²) < 4.78 is 1.46. The standard InChI is InChI=1S/C15H14N4O5/c20-13(17-15(14(21)22)4-1-5-15)10-2-3-11(12(8-10)19(23)24)18-7-6-16-9-18/h2-3,6-9H,1,4-5H2,(H,17,20)(H,21,22). The summed E-state index contributed by atoms with van der Waals surface area (Å²) in [4.78, 5) is 38.2. The number of imidazole rings is 1. The minimum Gasteiger partial charge on any atom is -0.480 e. The smallest absolute Gasteiger partial charge is 0.329 e. The van der Waals surface area contributed by atoms with Crippen LogP contribution in [0.5, 0.6) is 0 Å². The van der Waals surface area contributed by atoms with Crippen molar-refractivity contribution in [2.45, 2.75) is 24.8 Å². The van der Waals surface area contributed by atoms with Gasteiger partial charge in [-0.25, -0.2) is 9.78 Å². The number of nitrogens with zero attached hydrogens (tertiary/aromatic N) is 3. The summed E-state index contributed by atoms with van der Waals surface area (Å²) in [6.45, 7) is 0. The first-order chi connectivity index (χ1) is 11.4. The second-order valence-corrected chi connectivity index (χ2v) is 5.63. The van der Waals surface area contributed by atoms with E-state index in [9.17, 15) is 24.8 Å². The van der Waals surface area contributed by atoms with Crippen LogP contribution >= 0.6 is 0 Å². The van der Waals surface area contributed by atoms with E-state index in [2.05, 4.69) is 10.3 Å². The molecular formula is C15H14N4O5. The molecule has 124 valence electrons. The van der Waals surface area contributed by atoms with Gasteiger partial charge in [0.05, 0.1) is 11.3 Å². The first-order valence-electron chi connectivity index (χ1n) is 7.26. The number of carboxylic acids is 1. The molecule has 2 N–H and O–H groups in total. The van der Waals surface area contributed by atoms with Gasteiger partial charge < -0.3 is 15.0 Å². The third-order valence-electron chi connectivity index (χ3n) is 4.19. The van der Waals surface area contributed by atoms with Crippen molar-refractivity contribution in [3.8, 4) is 5.69 Å². The summed E-state index contributed by atoms with van der Waals surface area (Å²) in [5, 5.41) is 23.0. The Morgan fingerprint density at radius 2 is 2.12 bits per heavy atom. The maximum Gasteiger partial charge on any atom is 0.329 e. The van der Waals surface area contributed by atoms with E-state index in [1.807, 2.05) is 0 Å². The van der Waals surface area contributed by atoms with Gasteiger partial charge in [-0.05, 0) is 31.4 Å².